The Morgan fingerprint density at radius 1 is 0.829 bits per heavy atom. The first-order chi connectivity index (χ1) is 16.2. The highest BCUT2D eigenvalue weighted by Gasteiger charge is 2.45. The van der Waals surface area contributed by atoms with E-state index in [4.69, 9.17) is 14.2 Å². The Hall–Kier alpha value is -2.59. The summed E-state index contributed by atoms with van der Waals surface area (Å²) in [5.74, 6) is 0.595. The van der Waals surface area contributed by atoms with E-state index in [9.17, 15) is 14.2 Å². The number of ether oxygens (including phenoxy) is 3. The Bertz CT molecular complexity index is 1110. The van der Waals surface area contributed by atoms with Crippen LogP contribution < -0.4 is 14.2 Å². The highest BCUT2D eigenvalue weighted by Crippen LogP contribution is 2.57. The largest absolute Gasteiger partial charge is 0.496 e. The summed E-state index contributed by atoms with van der Waals surface area (Å²) in [7, 11) is 0.170. The van der Waals surface area contributed by atoms with Gasteiger partial charge in [0.1, 0.15) is 22.8 Å². The van der Waals surface area contributed by atoms with Crippen LogP contribution in [0.15, 0.2) is 24.3 Å². The molecule has 0 aromatic heterocycles. The summed E-state index contributed by atoms with van der Waals surface area (Å²) in [5, 5.41) is 0. The molecule has 0 spiro atoms. The van der Waals surface area contributed by atoms with Crippen molar-refractivity contribution in [3.8, 4) is 17.2 Å². The molecule has 0 aliphatic rings. The molecule has 2 unspecified atom stereocenters. The predicted octanol–water partition coefficient (Wildman–Crippen LogP) is 7.05. The van der Waals surface area contributed by atoms with Gasteiger partial charge in [0.15, 0.2) is 0 Å². The molecular weight excluding hydrogens is 463 g/mol. The lowest BCUT2D eigenvalue weighted by molar-refractivity contribution is 0.103. The summed E-state index contributed by atoms with van der Waals surface area (Å²) < 4.78 is 31.0. The monoisotopic (exact) mass is 502 g/mol. The molecule has 192 valence electrons. The van der Waals surface area contributed by atoms with Gasteiger partial charge in [-0.15, -0.1) is 0 Å². The third kappa shape index (κ3) is 6.35. The van der Waals surface area contributed by atoms with E-state index in [1.165, 1.54) is 33.5 Å². The zero-order valence-corrected chi connectivity index (χ0v) is 23.6. The van der Waals surface area contributed by atoms with E-state index >= 15 is 0 Å². The second-order valence-electron chi connectivity index (χ2n) is 10.6. The van der Waals surface area contributed by atoms with Gasteiger partial charge in [-0.1, -0.05) is 45.4 Å². The molecule has 0 fully saturated rings. The third-order valence-corrected chi connectivity index (χ3v) is 8.90. The first-order valence-electron chi connectivity index (χ1n) is 11.7. The lowest BCUT2D eigenvalue weighted by atomic mass is 9.86. The molecule has 0 aliphatic carbocycles. The summed E-state index contributed by atoms with van der Waals surface area (Å²) in [6, 6.07) is 6.82. The number of carbonyl (C=O) groups is 2. The molecule has 0 saturated carbocycles. The van der Waals surface area contributed by atoms with Crippen LogP contribution in [0.1, 0.15) is 71.5 Å². The smallest absolute Gasteiger partial charge is 0.236 e. The molecule has 35 heavy (non-hydrogen) atoms. The van der Waals surface area contributed by atoms with Crippen LogP contribution in [0.3, 0.4) is 0 Å². The summed E-state index contributed by atoms with van der Waals surface area (Å²) in [5.41, 5.74) is 1.34. The van der Waals surface area contributed by atoms with Gasteiger partial charge < -0.3 is 18.8 Å². The number of hydrogen-bond donors (Lipinski definition) is 0. The molecule has 0 N–H and O–H groups in total. The van der Waals surface area contributed by atoms with Crippen molar-refractivity contribution in [2.45, 2.75) is 54.9 Å². The Labute approximate surface area is 209 Å². The maximum absolute atomic E-state index is 14.7. The fraction of sp³-hybridized carbons (Fsp3) is 0.500. The number of methoxy groups -OCH3 is 3. The van der Waals surface area contributed by atoms with E-state index in [1.54, 1.807) is 0 Å². The van der Waals surface area contributed by atoms with Crippen LogP contribution in [0.2, 0.25) is 0 Å². The van der Waals surface area contributed by atoms with Gasteiger partial charge in [0.25, 0.3) is 0 Å². The van der Waals surface area contributed by atoms with Crippen molar-refractivity contribution >= 4 is 18.2 Å². The molecule has 2 aromatic rings. The van der Waals surface area contributed by atoms with Crippen molar-refractivity contribution in [3.05, 3.63) is 52.1 Å². The lowest BCUT2D eigenvalue weighted by Crippen LogP contribution is -2.22. The van der Waals surface area contributed by atoms with Crippen molar-refractivity contribution in [1.29, 1.82) is 0 Å². The Morgan fingerprint density at radius 2 is 1.29 bits per heavy atom. The second kappa shape index (κ2) is 11.0. The minimum atomic E-state index is -4.14. The second-order valence-corrected chi connectivity index (χ2v) is 13.2. The standard InChI is InChI=1S/C28H39O6P/c1-17-11-19(3)24(20(4)12-17)26(29)35(31,16-18(2)15-28(5,6)7)27(30)25-22(33-9)13-21(32-8)14-23(25)34-10/h11-14,18H,15-16H2,1-10H3. The van der Waals surface area contributed by atoms with Gasteiger partial charge in [-0.05, 0) is 49.7 Å². The van der Waals surface area contributed by atoms with Crippen molar-refractivity contribution in [3.63, 3.8) is 0 Å². The number of aryl methyl sites for hydroxylation is 3. The zero-order chi connectivity index (χ0) is 26.7. The van der Waals surface area contributed by atoms with Crippen LogP contribution in [-0.4, -0.2) is 38.5 Å². The first kappa shape index (κ1) is 28.6. The van der Waals surface area contributed by atoms with Crippen molar-refractivity contribution < 1.29 is 28.4 Å². The van der Waals surface area contributed by atoms with Gasteiger partial charge in [-0.3, -0.25) is 9.59 Å². The molecule has 0 amide bonds. The molecule has 0 bridgehead atoms. The first-order valence-corrected chi connectivity index (χ1v) is 13.6. The van der Waals surface area contributed by atoms with Gasteiger partial charge in [-0.25, -0.2) is 0 Å². The highest BCUT2D eigenvalue weighted by atomic mass is 31.2. The molecule has 6 nitrogen and oxygen atoms in total. The van der Waals surface area contributed by atoms with Gasteiger partial charge in [0.2, 0.25) is 18.2 Å². The van der Waals surface area contributed by atoms with E-state index < -0.39 is 18.2 Å². The summed E-state index contributed by atoms with van der Waals surface area (Å²) in [6.45, 7) is 13.8. The maximum Gasteiger partial charge on any atom is 0.236 e. The average Bonchev–Trinajstić information content (AvgIpc) is 2.75. The van der Waals surface area contributed by atoms with Gasteiger partial charge in [-0.2, -0.15) is 0 Å². The van der Waals surface area contributed by atoms with E-state index in [-0.39, 0.29) is 34.6 Å². The fourth-order valence-corrected chi connectivity index (χ4v) is 7.72. The van der Waals surface area contributed by atoms with E-state index in [0.717, 1.165) is 5.56 Å². The SMILES string of the molecule is COc1cc(OC)c(C(=O)P(=O)(CC(C)CC(C)(C)C)C(=O)c2c(C)cc(C)cc2C)c(OC)c1. The third-order valence-electron chi connectivity index (χ3n) is 6.01. The lowest BCUT2D eigenvalue weighted by Gasteiger charge is -2.27. The average molecular weight is 503 g/mol. The summed E-state index contributed by atoms with van der Waals surface area (Å²) >= 11 is 0. The number of rotatable bonds is 10. The molecule has 2 rings (SSSR count). The highest BCUT2D eigenvalue weighted by molar-refractivity contribution is 7.95. The molecule has 7 heteroatoms. The normalized spacial score (nSPS) is 14.1. The summed E-state index contributed by atoms with van der Waals surface area (Å²) in [4.78, 5) is 28.2. The topological polar surface area (TPSA) is 78.9 Å². The Kier molecular flexibility index (Phi) is 8.99. The van der Waals surface area contributed by atoms with E-state index in [1.807, 2.05) is 39.8 Å². The molecule has 0 saturated heterocycles. The molecule has 0 aliphatic heterocycles. The van der Waals surface area contributed by atoms with E-state index in [2.05, 4.69) is 20.8 Å². The molecule has 2 aromatic carbocycles. The minimum Gasteiger partial charge on any atom is -0.496 e. The fourth-order valence-electron chi connectivity index (χ4n) is 4.90. The van der Waals surface area contributed by atoms with Crippen molar-refractivity contribution in [2.75, 3.05) is 27.5 Å². The van der Waals surface area contributed by atoms with Gasteiger partial charge in [0.05, 0.1) is 21.3 Å². The molecular formula is C28H39O6P. The number of carbonyl (C=O) groups excluding carboxylic acids is 2. The van der Waals surface area contributed by atoms with Crippen molar-refractivity contribution in [1.82, 2.24) is 0 Å². The van der Waals surface area contributed by atoms with Crippen LogP contribution in [0, 0.1) is 32.1 Å². The molecule has 0 heterocycles. The van der Waals surface area contributed by atoms with Crippen LogP contribution in [0.5, 0.6) is 17.2 Å². The summed E-state index contributed by atoms with van der Waals surface area (Å²) in [6.07, 6.45) is 0.674. The molecule has 2 atom stereocenters. The Balaban J connectivity index is 2.78. The molecule has 0 radical (unpaired) electrons. The quantitative estimate of drug-likeness (QED) is 0.324. The Morgan fingerprint density at radius 3 is 1.69 bits per heavy atom. The number of hydrogen-bond acceptors (Lipinski definition) is 6. The number of benzene rings is 2. The van der Waals surface area contributed by atoms with Crippen molar-refractivity contribution in [2.24, 2.45) is 11.3 Å². The van der Waals surface area contributed by atoms with Gasteiger partial charge in [0, 0.05) is 23.9 Å². The van der Waals surface area contributed by atoms with Crippen LogP contribution in [-0.2, 0) is 4.57 Å². The van der Waals surface area contributed by atoms with Crippen LogP contribution in [0.25, 0.3) is 0 Å². The van der Waals surface area contributed by atoms with Crippen LogP contribution >= 0.6 is 7.14 Å². The maximum atomic E-state index is 14.7. The zero-order valence-electron chi connectivity index (χ0n) is 22.7. The minimum absolute atomic E-state index is 0.00198. The predicted molar refractivity (Wildman–Crippen MR) is 141 cm³/mol. The van der Waals surface area contributed by atoms with E-state index in [0.29, 0.717) is 28.9 Å². The van der Waals surface area contributed by atoms with Crippen LogP contribution in [0.4, 0.5) is 0 Å². The van der Waals surface area contributed by atoms with Gasteiger partial charge >= 0.3 is 0 Å².